The number of amides is 1. The van der Waals surface area contributed by atoms with Crippen LogP contribution in [0.5, 0.6) is 0 Å². The predicted octanol–water partition coefficient (Wildman–Crippen LogP) is -1.64. The summed E-state index contributed by atoms with van der Waals surface area (Å²) in [4.78, 5) is 10.9. The fraction of sp³-hybridized carbons (Fsp3) is 0.909. The van der Waals surface area contributed by atoms with E-state index in [0.29, 0.717) is 0 Å². The second-order valence-electron chi connectivity index (χ2n) is 4.65. The number of hydrogen-bond acceptors (Lipinski definition) is 6. The van der Waals surface area contributed by atoms with Crippen LogP contribution in [0.15, 0.2) is 0 Å². The molecular weight excluding hydrogens is 242 g/mol. The maximum Gasteiger partial charge on any atom is 0.217 e. The van der Waals surface area contributed by atoms with E-state index in [2.05, 4.69) is 5.32 Å². The number of carbonyl (C=O) groups excluding carboxylic acids is 1. The minimum atomic E-state index is -1.38. The van der Waals surface area contributed by atoms with Gasteiger partial charge in [0.25, 0.3) is 0 Å². The molecule has 1 aliphatic heterocycles. The second kappa shape index (κ2) is 6.44. The van der Waals surface area contributed by atoms with E-state index in [-0.39, 0.29) is 12.7 Å². The van der Waals surface area contributed by atoms with E-state index in [4.69, 9.17) is 9.47 Å². The summed E-state index contributed by atoms with van der Waals surface area (Å²) in [6, 6.07) is -1.05. The van der Waals surface area contributed by atoms with Gasteiger partial charge in [-0.15, -0.1) is 0 Å². The maximum atomic E-state index is 10.9. The van der Waals surface area contributed by atoms with Gasteiger partial charge in [-0.3, -0.25) is 4.79 Å². The van der Waals surface area contributed by atoms with E-state index < -0.39 is 36.6 Å². The highest BCUT2D eigenvalue weighted by Gasteiger charge is 2.44. The Labute approximate surface area is 106 Å². The fourth-order valence-electron chi connectivity index (χ4n) is 1.76. The monoisotopic (exact) mass is 263 g/mol. The zero-order valence-electron chi connectivity index (χ0n) is 10.7. The van der Waals surface area contributed by atoms with E-state index in [1.54, 1.807) is 0 Å². The highest BCUT2D eigenvalue weighted by molar-refractivity contribution is 5.73. The molecule has 1 aliphatic rings. The molecule has 1 saturated heterocycles. The molecule has 0 aromatic rings. The smallest absolute Gasteiger partial charge is 0.217 e. The molecule has 0 radical (unpaired) electrons. The number of hydrogen-bond donors (Lipinski definition) is 4. The van der Waals surface area contributed by atoms with E-state index in [1.807, 2.05) is 13.8 Å². The van der Waals surface area contributed by atoms with Crippen LogP contribution in [0.25, 0.3) is 0 Å². The molecular formula is C11H21NO6. The fourth-order valence-corrected chi connectivity index (χ4v) is 1.76. The van der Waals surface area contributed by atoms with Crippen molar-refractivity contribution in [1.29, 1.82) is 0 Å². The predicted molar refractivity (Wildman–Crippen MR) is 61.6 cm³/mol. The summed E-state index contributed by atoms with van der Waals surface area (Å²) in [5, 5.41) is 31.7. The quantitative estimate of drug-likeness (QED) is 0.484. The van der Waals surface area contributed by atoms with Crippen LogP contribution < -0.4 is 5.32 Å². The van der Waals surface area contributed by atoms with Crippen molar-refractivity contribution in [2.45, 2.75) is 57.5 Å². The molecule has 106 valence electrons. The van der Waals surface area contributed by atoms with Crippen LogP contribution in [-0.2, 0) is 14.3 Å². The minimum Gasteiger partial charge on any atom is -0.388 e. The number of aliphatic hydroxyl groups excluding tert-OH is 3. The van der Waals surface area contributed by atoms with Crippen molar-refractivity contribution < 1.29 is 29.6 Å². The van der Waals surface area contributed by atoms with Gasteiger partial charge < -0.3 is 30.1 Å². The number of aliphatic hydroxyl groups is 3. The first-order valence-corrected chi connectivity index (χ1v) is 5.91. The zero-order chi connectivity index (χ0) is 13.9. The molecule has 1 fully saturated rings. The topological polar surface area (TPSA) is 108 Å². The van der Waals surface area contributed by atoms with Gasteiger partial charge in [-0.05, 0) is 13.8 Å². The zero-order valence-corrected chi connectivity index (χ0v) is 10.7. The highest BCUT2D eigenvalue weighted by atomic mass is 16.6. The SMILES string of the molecule is CC(=O)N[C@@H]1[C@@H](O)[C@@H](O)[C@@H](COC(C)C)O[C@H]1O. The van der Waals surface area contributed by atoms with Crippen LogP contribution in [0.2, 0.25) is 0 Å². The highest BCUT2D eigenvalue weighted by Crippen LogP contribution is 2.20. The summed E-state index contributed by atoms with van der Waals surface area (Å²) >= 11 is 0. The number of rotatable bonds is 4. The Bertz CT molecular complexity index is 285. The molecule has 0 aromatic carbocycles. The lowest BCUT2D eigenvalue weighted by Crippen LogP contribution is -2.64. The first kappa shape index (κ1) is 15.3. The summed E-state index contributed by atoms with van der Waals surface area (Å²) in [5.74, 6) is -0.425. The van der Waals surface area contributed by atoms with Crippen molar-refractivity contribution in [3.05, 3.63) is 0 Å². The third kappa shape index (κ3) is 3.89. The van der Waals surface area contributed by atoms with Crippen molar-refractivity contribution in [3.8, 4) is 0 Å². The van der Waals surface area contributed by atoms with Gasteiger partial charge in [-0.2, -0.15) is 0 Å². The third-order valence-corrected chi connectivity index (χ3v) is 2.68. The first-order chi connectivity index (χ1) is 8.32. The molecule has 1 rings (SSSR count). The average Bonchev–Trinajstić information content (AvgIpc) is 2.27. The van der Waals surface area contributed by atoms with Gasteiger partial charge in [0.15, 0.2) is 6.29 Å². The molecule has 0 aromatic heterocycles. The molecule has 7 heteroatoms. The number of nitrogens with one attached hydrogen (secondary N) is 1. The molecule has 0 saturated carbocycles. The maximum absolute atomic E-state index is 10.9. The lowest BCUT2D eigenvalue weighted by Gasteiger charge is -2.40. The van der Waals surface area contributed by atoms with E-state index in [9.17, 15) is 20.1 Å². The van der Waals surface area contributed by atoms with Crippen molar-refractivity contribution in [3.63, 3.8) is 0 Å². The minimum absolute atomic E-state index is 0.0526. The Morgan fingerprint density at radius 2 is 1.94 bits per heavy atom. The lowest BCUT2D eigenvalue weighted by molar-refractivity contribution is -0.258. The van der Waals surface area contributed by atoms with Gasteiger partial charge in [0.05, 0.1) is 12.7 Å². The van der Waals surface area contributed by atoms with Crippen molar-refractivity contribution in [2.24, 2.45) is 0 Å². The van der Waals surface area contributed by atoms with Crippen molar-refractivity contribution >= 4 is 5.91 Å². The molecule has 0 unspecified atom stereocenters. The van der Waals surface area contributed by atoms with Gasteiger partial charge in [0, 0.05) is 6.92 Å². The number of ether oxygens (including phenoxy) is 2. The summed E-state index contributed by atoms with van der Waals surface area (Å²) < 4.78 is 10.4. The second-order valence-corrected chi connectivity index (χ2v) is 4.65. The van der Waals surface area contributed by atoms with Crippen LogP contribution in [0, 0.1) is 0 Å². The first-order valence-electron chi connectivity index (χ1n) is 5.91. The largest absolute Gasteiger partial charge is 0.388 e. The summed E-state index contributed by atoms with van der Waals surface area (Å²) in [7, 11) is 0. The summed E-state index contributed by atoms with van der Waals surface area (Å²) in [6.07, 6.45) is -4.80. The Kier molecular flexibility index (Phi) is 5.48. The molecule has 0 bridgehead atoms. The van der Waals surface area contributed by atoms with Crippen LogP contribution in [0.1, 0.15) is 20.8 Å². The standard InChI is InChI=1S/C11H21NO6/c1-5(2)17-4-7-9(14)10(15)8(11(16)18-7)12-6(3)13/h5,7-11,14-16H,4H2,1-3H3,(H,12,13)/t7-,8-,9+,10-,11-/m1/s1. The van der Waals surface area contributed by atoms with Crippen molar-refractivity contribution in [1.82, 2.24) is 5.32 Å². The Balaban J connectivity index is 2.61. The Morgan fingerprint density at radius 3 is 2.44 bits per heavy atom. The normalized spacial score (nSPS) is 36.7. The van der Waals surface area contributed by atoms with Crippen LogP contribution >= 0.6 is 0 Å². The van der Waals surface area contributed by atoms with Gasteiger partial charge in [0.2, 0.25) is 5.91 Å². The molecule has 4 N–H and O–H groups in total. The Morgan fingerprint density at radius 1 is 1.33 bits per heavy atom. The third-order valence-electron chi connectivity index (χ3n) is 2.68. The molecule has 7 nitrogen and oxygen atoms in total. The van der Waals surface area contributed by atoms with Gasteiger partial charge >= 0.3 is 0 Å². The van der Waals surface area contributed by atoms with E-state index in [1.165, 1.54) is 6.92 Å². The van der Waals surface area contributed by atoms with Crippen LogP contribution in [0.3, 0.4) is 0 Å². The molecule has 1 heterocycles. The molecule has 18 heavy (non-hydrogen) atoms. The van der Waals surface area contributed by atoms with Crippen molar-refractivity contribution in [2.75, 3.05) is 6.61 Å². The molecule has 0 spiro atoms. The number of carbonyl (C=O) groups is 1. The van der Waals surface area contributed by atoms with Gasteiger partial charge in [-0.25, -0.2) is 0 Å². The molecule has 0 aliphatic carbocycles. The molecule has 1 amide bonds. The van der Waals surface area contributed by atoms with E-state index >= 15 is 0 Å². The van der Waals surface area contributed by atoms with Crippen LogP contribution in [-0.4, -0.2) is 64.6 Å². The summed E-state index contributed by atoms with van der Waals surface area (Å²) in [6.45, 7) is 4.95. The Hall–Kier alpha value is -0.730. The summed E-state index contributed by atoms with van der Waals surface area (Å²) in [5.41, 5.74) is 0. The van der Waals surface area contributed by atoms with Gasteiger partial charge in [0.1, 0.15) is 24.4 Å². The van der Waals surface area contributed by atoms with Crippen LogP contribution in [0.4, 0.5) is 0 Å². The molecule has 5 atom stereocenters. The van der Waals surface area contributed by atoms with Gasteiger partial charge in [-0.1, -0.05) is 0 Å². The average molecular weight is 263 g/mol. The van der Waals surface area contributed by atoms with E-state index in [0.717, 1.165) is 0 Å². The lowest BCUT2D eigenvalue weighted by atomic mass is 9.97.